The summed E-state index contributed by atoms with van der Waals surface area (Å²) in [4.78, 5) is 2.05. The molecule has 0 radical (unpaired) electrons. The van der Waals surface area contributed by atoms with Gasteiger partial charge in [-0.15, -0.1) is 6.58 Å². The highest BCUT2D eigenvalue weighted by atomic mass is 19.1. The van der Waals surface area contributed by atoms with Crippen LogP contribution in [0.1, 0.15) is 18.4 Å². The average Bonchev–Trinajstić information content (AvgIpc) is 3.13. The predicted octanol–water partition coefficient (Wildman–Crippen LogP) is 4.93. The molecule has 1 heterocycles. The number of allylic oxidation sites excluding steroid dienone is 1. The summed E-state index contributed by atoms with van der Waals surface area (Å²) >= 11 is 0. The number of aryl methyl sites for hydroxylation is 1. The first-order valence-corrected chi connectivity index (χ1v) is 11.2. The highest BCUT2D eigenvalue weighted by Crippen LogP contribution is 2.35. The van der Waals surface area contributed by atoms with E-state index in [2.05, 4.69) is 16.6 Å². The molecule has 0 aliphatic rings. The Bertz CT molecular complexity index is 1070. The fraction of sp³-hybridized carbons (Fsp3) is 0.346. The second-order valence-corrected chi connectivity index (χ2v) is 8.05. The lowest BCUT2D eigenvalue weighted by Gasteiger charge is -2.25. The molecule has 0 spiro atoms. The van der Waals surface area contributed by atoms with Gasteiger partial charge in [0.1, 0.15) is 11.5 Å². The maximum Gasteiger partial charge on any atom is 0.222 e. The van der Waals surface area contributed by atoms with E-state index < -0.39 is 17.7 Å². The lowest BCUT2D eigenvalue weighted by atomic mass is 10.1. The van der Waals surface area contributed by atoms with Crippen molar-refractivity contribution in [3.05, 3.63) is 78.4 Å². The van der Waals surface area contributed by atoms with Crippen LogP contribution in [0.2, 0.25) is 0 Å². The quantitative estimate of drug-likeness (QED) is 0.358. The lowest BCUT2D eigenvalue weighted by molar-refractivity contribution is 0.0806. The number of methoxy groups -OCH3 is 1. The molecular formula is C26H31F2N3O3. The molecule has 3 rings (SSSR count). The van der Waals surface area contributed by atoms with E-state index in [1.54, 1.807) is 24.9 Å². The molecule has 0 bridgehead atoms. The van der Waals surface area contributed by atoms with Gasteiger partial charge in [-0.2, -0.15) is 5.10 Å². The van der Waals surface area contributed by atoms with Crippen molar-refractivity contribution in [3.8, 4) is 22.9 Å². The number of benzene rings is 2. The molecule has 0 saturated carbocycles. The Labute approximate surface area is 199 Å². The Morgan fingerprint density at radius 3 is 2.65 bits per heavy atom. The van der Waals surface area contributed by atoms with Crippen molar-refractivity contribution in [3.63, 3.8) is 0 Å². The van der Waals surface area contributed by atoms with Crippen LogP contribution in [0, 0.1) is 11.6 Å². The molecule has 8 heteroatoms. The van der Waals surface area contributed by atoms with E-state index in [-0.39, 0.29) is 5.75 Å². The molecule has 1 N–H and O–H groups in total. The van der Waals surface area contributed by atoms with Crippen LogP contribution in [0.4, 0.5) is 8.78 Å². The standard InChI is InChI=1S/C26H31F2N3O3/c1-4-5-11-21(32)17-31(14-15-33-3)18-22-25(19-9-7-6-8-10-19)29-30(2)26(22)34-24-13-12-20(27)16-23(24)28/h4,6-10,12-13,16,21,32H,1,5,11,14-15,17-18H2,2-3H3. The molecule has 0 fully saturated rings. The Balaban J connectivity index is 1.99. The van der Waals surface area contributed by atoms with E-state index in [0.717, 1.165) is 23.3 Å². The van der Waals surface area contributed by atoms with Crippen LogP contribution < -0.4 is 4.74 Å². The molecule has 3 aromatic rings. The summed E-state index contributed by atoms with van der Waals surface area (Å²) in [7, 11) is 3.34. The van der Waals surface area contributed by atoms with Crippen LogP contribution >= 0.6 is 0 Å². The van der Waals surface area contributed by atoms with E-state index in [4.69, 9.17) is 9.47 Å². The minimum absolute atomic E-state index is 0.0975. The zero-order valence-electron chi connectivity index (χ0n) is 19.6. The van der Waals surface area contributed by atoms with Crippen molar-refractivity contribution in [1.82, 2.24) is 14.7 Å². The van der Waals surface area contributed by atoms with Crippen LogP contribution in [0.25, 0.3) is 11.3 Å². The van der Waals surface area contributed by atoms with Crippen LogP contribution in [0.3, 0.4) is 0 Å². The van der Waals surface area contributed by atoms with Crippen molar-refractivity contribution in [1.29, 1.82) is 0 Å². The summed E-state index contributed by atoms with van der Waals surface area (Å²) in [5.74, 6) is -1.24. The molecule has 0 aliphatic heterocycles. The van der Waals surface area contributed by atoms with Gasteiger partial charge in [0.25, 0.3) is 0 Å². The van der Waals surface area contributed by atoms with Gasteiger partial charge in [0.2, 0.25) is 5.88 Å². The van der Waals surface area contributed by atoms with E-state index in [9.17, 15) is 13.9 Å². The molecule has 182 valence electrons. The third kappa shape index (κ3) is 6.72. The van der Waals surface area contributed by atoms with Crippen LogP contribution in [0.15, 0.2) is 61.2 Å². The molecular weight excluding hydrogens is 440 g/mol. The Kier molecular flexibility index (Phi) is 9.33. The van der Waals surface area contributed by atoms with Gasteiger partial charge >= 0.3 is 0 Å². The molecule has 34 heavy (non-hydrogen) atoms. The number of hydrogen-bond acceptors (Lipinski definition) is 5. The van der Waals surface area contributed by atoms with Gasteiger partial charge in [0.05, 0.1) is 18.3 Å². The molecule has 6 nitrogen and oxygen atoms in total. The normalized spacial score (nSPS) is 12.2. The number of hydrogen-bond donors (Lipinski definition) is 1. The van der Waals surface area contributed by atoms with E-state index in [1.807, 2.05) is 30.3 Å². The molecule has 0 saturated heterocycles. The largest absolute Gasteiger partial charge is 0.436 e. The zero-order valence-corrected chi connectivity index (χ0v) is 19.6. The van der Waals surface area contributed by atoms with Gasteiger partial charge in [-0.1, -0.05) is 36.4 Å². The molecule has 2 aromatic carbocycles. The summed E-state index contributed by atoms with van der Waals surface area (Å²) < 4.78 is 40.5. The minimum atomic E-state index is -0.801. The van der Waals surface area contributed by atoms with Gasteiger partial charge in [0.15, 0.2) is 11.6 Å². The number of halogens is 2. The van der Waals surface area contributed by atoms with E-state index in [0.29, 0.717) is 50.7 Å². The Morgan fingerprint density at radius 2 is 1.97 bits per heavy atom. The summed E-state index contributed by atoms with van der Waals surface area (Å²) in [6.45, 7) is 5.54. The molecule has 1 atom stereocenters. The number of aromatic nitrogens is 2. The first kappa shape index (κ1) is 25.6. The van der Waals surface area contributed by atoms with Crippen LogP contribution in [0.5, 0.6) is 11.6 Å². The monoisotopic (exact) mass is 471 g/mol. The first-order valence-electron chi connectivity index (χ1n) is 11.2. The highest BCUT2D eigenvalue weighted by molar-refractivity contribution is 5.65. The number of ether oxygens (including phenoxy) is 2. The van der Waals surface area contributed by atoms with Gasteiger partial charge in [-0.3, -0.25) is 4.90 Å². The summed E-state index contributed by atoms with van der Waals surface area (Å²) in [5.41, 5.74) is 2.29. The summed E-state index contributed by atoms with van der Waals surface area (Å²) in [6.07, 6.45) is 2.53. The number of nitrogens with zero attached hydrogens (tertiary/aromatic N) is 3. The smallest absolute Gasteiger partial charge is 0.222 e. The first-order chi connectivity index (χ1) is 16.4. The minimum Gasteiger partial charge on any atom is -0.436 e. The SMILES string of the molecule is C=CCCC(O)CN(CCOC)Cc1c(-c2ccccc2)nn(C)c1Oc1ccc(F)cc1F. The van der Waals surface area contributed by atoms with Gasteiger partial charge in [-0.05, 0) is 25.0 Å². The van der Waals surface area contributed by atoms with Gasteiger partial charge < -0.3 is 14.6 Å². The number of aliphatic hydroxyl groups excluding tert-OH is 1. The van der Waals surface area contributed by atoms with Crippen molar-refractivity contribution in [2.24, 2.45) is 7.05 Å². The molecule has 0 aliphatic carbocycles. The van der Waals surface area contributed by atoms with Crippen molar-refractivity contribution in [2.75, 3.05) is 26.8 Å². The van der Waals surface area contributed by atoms with E-state index >= 15 is 0 Å². The average molecular weight is 472 g/mol. The van der Waals surface area contributed by atoms with Crippen molar-refractivity contribution >= 4 is 0 Å². The number of rotatable bonds is 13. The molecule has 1 unspecified atom stereocenters. The predicted molar refractivity (Wildman–Crippen MR) is 128 cm³/mol. The second kappa shape index (κ2) is 12.4. The Morgan fingerprint density at radius 1 is 1.21 bits per heavy atom. The van der Waals surface area contributed by atoms with Crippen LogP contribution in [-0.4, -0.2) is 52.7 Å². The maximum absolute atomic E-state index is 14.4. The summed E-state index contributed by atoms with van der Waals surface area (Å²) in [6, 6.07) is 12.8. The van der Waals surface area contributed by atoms with Crippen molar-refractivity contribution < 1.29 is 23.4 Å². The van der Waals surface area contributed by atoms with E-state index in [1.165, 1.54) is 6.07 Å². The maximum atomic E-state index is 14.4. The fourth-order valence-electron chi connectivity index (χ4n) is 3.69. The third-order valence-corrected chi connectivity index (χ3v) is 5.40. The summed E-state index contributed by atoms with van der Waals surface area (Å²) in [5, 5.41) is 15.2. The van der Waals surface area contributed by atoms with Gasteiger partial charge in [-0.25, -0.2) is 13.5 Å². The zero-order chi connectivity index (χ0) is 24.5. The number of aliphatic hydroxyl groups is 1. The lowest BCUT2D eigenvalue weighted by Crippen LogP contribution is -2.34. The third-order valence-electron chi connectivity index (χ3n) is 5.40. The topological polar surface area (TPSA) is 59.8 Å². The fourth-order valence-corrected chi connectivity index (χ4v) is 3.69. The molecule has 1 aromatic heterocycles. The van der Waals surface area contributed by atoms with Gasteiger partial charge in [0, 0.05) is 45.4 Å². The van der Waals surface area contributed by atoms with Crippen LogP contribution in [-0.2, 0) is 18.3 Å². The Hall–Kier alpha value is -3.07. The molecule has 0 amide bonds. The van der Waals surface area contributed by atoms with Crippen molar-refractivity contribution in [2.45, 2.75) is 25.5 Å². The highest BCUT2D eigenvalue weighted by Gasteiger charge is 2.24. The second-order valence-electron chi connectivity index (χ2n) is 8.05.